The number of hydrogen-bond acceptors (Lipinski definition) is 4. The molecule has 0 saturated carbocycles. The molecular formula is C29H33Cl2N3O4S. The number of benzene rings is 3. The van der Waals surface area contributed by atoms with Crippen molar-refractivity contribution in [2.75, 3.05) is 10.8 Å². The van der Waals surface area contributed by atoms with Gasteiger partial charge in [-0.1, -0.05) is 72.1 Å². The monoisotopic (exact) mass is 589 g/mol. The second-order valence-electron chi connectivity index (χ2n) is 9.38. The summed E-state index contributed by atoms with van der Waals surface area (Å²) in [6.07, 6.45) is 0.708. The molecule has 0 radical (unpaired) electrons. The van der Waals surface area contributed by atoms with Crippen LogP contribution in [0.25, 0.3) is 0 Å². The lowest BCUT2D eigenvalue weighted by molar-refractivity contribution is -0.139. The van der Waals surface area contributed by atoms with Gasteiger partial charge in [0.25, 0.3) is 10.0 Å². The minimum Gasteiger partial charge on any atom is -0.352 e. The first-order valence-electron chi connectivity index (χ1n) is 12.6. The third-order valence-corrected chi connectivity index (χ3v) is 8.99. The molecule has 10 heteroatoms. The maximum absolute atomic E-state index is 14.0. The zero-order valence-corrected chi connectivity index (χ0v) is 24.7. The number of anilines is 1. The van der Waals surface area contributed by atoms with Gasteiger partial charge in [-0.3, -0.25) is 13.9 Å². The first-order valence-corrected chi connectivity index (χ1v) is 14.8. The van der Waals surface area contributed by atoms with E-state index in [1.54, 1.807) is 67.6 Å². The van der Waals surface area contributed by atoms with Crippen LogP contribution in [-0.2, 0) is 26.2 Å². The van der Waals surface area contributed by atoms with Crippen LogP contribution in [0.3, 0.4) is 0 Å². The topological polar surface area (TPSA) is 86.8 Å². The van der Waals surface area contributed by atoms with Gasteiger partial charge in [-0.2, -0.15) is 0 Å². The molecule has 1 N–H and O–H groups in total. The molecule has 0 spiro atoms. The van der Waals surface area contributed by atoms with Gasteiger partial charge in [0.1, 0.15) is 12.6 Å². The van der Waals surface area contributed by atoms with Crippen molar-refractivity contribution in [1.82, 2.24) is 10.2 Å². The van der Waals surface area contributed by atoms with Gasteiger partial charge in [0.2, 0.25) is 11.8 Å². The Kier molecular flexibility index (Phi) is 10.4. The van der Waals surface area contributed by atoms with Crippen molar-refractivity contribution < 1.29 is 18.0 Å². The molecule has 2 atom stereocenters. The van der Waals surface area contributed by atoms with Crippen molar-refractivity contribution in [3.8, 4) is 0 Å². The van der Waals surface area contributed by atoms with Crippen LogP contribution in [0.4, 0.5) is 5.69 Å². The highest BCUT2D eigenvalue weighted by molar-refractivity contribution is 7.92. The molecule has 208 valence electrons. The van der Waals surface area contributed by atoms with Gasteiger partial charge in [-0.15, -0.1) is 0 Å². The first-order chi connectivity index (χ1) is 18.4. The van der Waals surface area contributed by atoms with Crippen molar-refractivity contribution in [3.63, 3.8) is 0 Å². The van der Waals surface area contributed by atoms with Crippen LogP contribution >= 0.6 is 23.2 Å². The first kappa shape index (κ1) is 30.5. The average molecular weight is 591 g/mol. The fourth-order valence-electron chi connectivity index (χ4n) is 3.86. The number of sulfonamides is 1. The van der Waals surface area contributed by atoms with Gasteiger partial charge >= 0.3 is 0 Å². The summed E-state index contributed by atoms with van der Waals surface area (Å²) < 4.78 is 28.6. The van der Waals surface area contributed by atoms with Crippen molar-refractivity contribution in [2.45, 2.75) is 57.6 Å². The Morgan fingerprint density at radius 3 is 2.05 bits per heavy atom. The fraction of sp³-hybridized carbons (Fsp3) is 0.310. The minimum atomic E-state index is -4.12. The van der Waals surface area contributed by atoms with Crippen molar-refractivity contribution in [2.24, 2.45) is 0 Å². The van der Waals surface area contributed by atoms with E-state index in [4.69, 9.17) is 23.2 Å². The molecular weight excluding hydrogens is 557 g/mol. The van der Waals surface area contributed by atoms with E-state index >= 15 is 0 Å². The molecule has 0 saturated heterocycles. The second kappa shape index (κ2) is 13.3. The second-order valence-corrected chi connectivity index (χ2v) is 12.1. The highest BCUT2D eigenvalue weighted by atomic mass is 35.5. The highest BCUT2D eigenvalue weighted by Crippen LogP contribution is 2.28. The van der Waals surface area contributed by atoms with Crippen LogP contribution in [-0.4, -0.2) is 43.8 Å². The molecule has 7 nitrogen and oxygen atoms in total. The van der Waals surface area contributed by atoms with Gasteiger partial charge in [0.15, 0.2) is 0 Å². The maximum atomic E-state index is 14.0. The molecule has 3 rings (SSSR count). The fourth-order valence-corrected chi connectivity index (χ4v) is 5.81. The minimum absolute atomic E-state index is 0.0432. The molecule has 2 unspecified atom stereocenters. The van der Waals surface area contributed by atoms with Crippen molar-refractivity contribution >= 4 is 50.7 Å². The summed E-state index contributed by atoms with van der Waals surface area (Å²) in [5, 5.41) is 3.57. The van der Waals surface area contributed by atoms with E-state index in [0.29, 0.717) is 27.7 Å². The van der Waals surface area contributed by atoms with E-state index in [9.17, 15) is 18.0 Å². The van der Waals surface area contributed by atoms with E-state index in [1.807, 2.05) is 20.8 Å². The summed E-state index contributed by atoms with van der Waals surface area (Å²) >= 11 is 12.8. The zero-order chi connectivity index (χ0) is 28.7. The van der Waals surface area contributed by atoms with E-state index in [1.165, 1.54) is 17.0 Å². The van der Waals surface area contributed by atoms with Crippen molar-refractivity contribution in [1.29, 1.82) is 0 Å². The molecule has 0 heterocycles. The maximum Gasteiger partial charge on any atom is 0.264 e. The van der Waals surface area contributed by atoms with Crippen LogP contribution in [0.5, 0.6) is 0 Å². The standard InChI is InChI=1S/C29H33Cl2N3O4S/c1-5-21(3)32-29(36)22(4)33(18-25-26(30)12-9-13-27(25)31)28(35)19-34(23-16-14-20(2)15-17-23)39(37,38)24-10-7-6-8-11-24/h6-17,21-22H,5,18-19H2,1-4H3,(H,32,36). The van der Waals surface area contributed by atoms with Gasteiger partial charge < -0.3 is 10.2 Å². The van der Waals surface area contributed by atoms with Gasteiger partial charge in [0.05, 0.1) is 10.6 Å². The number of rotatable bonds is 11. The summed E-state index contributed by atoms with van der Waals surface area (Å²) in [4.78, 5) is 28.4. The lowest BCUT2D eigenvalue weighted by Gasteiger charge is -2.32. The van der Waals surface area contributed by atoms with Gasteiger partial charge in [-0.25, -0.2) is 8.42 Å². The molecule has 0 bridgehead atoms. The quantitative estimate of drug-likeness (QED) is 0.305. The molecule has 3 aromatic carbocycles. The SMILES string of the molecule is CCC(C)NC(=O)C(C)N(Cc1c(Cl)cccc1Cl)C(=O)CN(c1ccc(C)cc1)S(=O)(=O)c1ccccc1. The summed E-state index contributed by atoms with van der Waals surface area (Å²) in [7, 11) is -4.12. The Bertz CT molecular complexity index is 1380. The molecule has 0 aromatic heterocycles. The van der Waals surface area contributed by atoms with Crippen LogP contribution < -0.4 is 9.62 Å². The number of carbonyl (C=O) groups excluding carboxylic acids is 2. The van der Waals surface area contributed by atoms with E-state index < -0.39 is 28.5 Å². The number of amides is 2. The molecule has 3 aromatic rings. The van der Waals surface area contributed by atoms with Crippen LogP contribution in [0.2, 0.25) is 10.0 Å². The predicted molar refractivity (Wildman–Crippen MR) is 157 cm³/mol. The number of halogens is 2. The molecule has 0 fully saturated rings. The summed E-state index contributed by atoms with van der Waals surface area (Å²) in [6.45, 7) is 6.67. The Labute approximate surface area is 240 Å². The largest absolute Gasteiger partial charge is 0.352 e. The molecule has 0 aliphatic rings. The smallest absolute Gasteiger partial charge is 0.264 e. The summed E-state index contributed by atoms with van der Waals surface area (Å²) in [5.41, 5.74) is 1.72. The van der Waals surface area contributed by atoms with E-state index in [-0.39, 0.29) is 23.4 Å². The van der Waals surface area contributed by atoms with E-state index in [0.717, 1.165) is 9.87 Å². The summed E-state index contributed by atoms with van der Waals surface area (Å²) in [5.74, 6) is -0.952. The molecule has 2 amide bonds. The Hall–Kier alpha value is -3.07. The van der Waals surface area contributed by atoms with Gasteiger partial charge in [0, 0.05) is 28.2 Å². The number of carbonyl (C=O) groups is 2. The highest BCUT2D eigenvalue weighted by Gasteiger charge is 2.33. The van der Waals surface area contributed by atoms with Crippen molar-refractivity contribution in [3.05, 3.63) is 94.0 Å². The lowest BCUT2D eigenvalue weighted by atomic mass is 10.1. The molecule has 0 aliphatic heterocycles. The number of nitrogens with one attached hydrogen (secondary N) is 1. The molecule has 0 aliphatic carbocycles. The predicted octanol–water partition coefficient (Wildman–Crippen LogP) is 5.83. The number of nitrogens with zero attached hydrogens (tertiary/aromatic N) is 2. The number of aryl methyl sites for hydroxylation is 1. The Balaban J connectivity index is 2.05. The Morgan fingerprint density at radius 2 is 1.49 bits per heavy atom. The third-order valence-electron chi connectivity index (χ3n) is 6.49. The Morgan fingerprint density at radius 1 is 0.897 bits per heavy atom. The van der Waals surface area contributed by atoms with Crippen LogP contribution in [0.1, 0.15) is 38.3 Å². The van der Waals surface area contributed by atoms with Gasteiger partial charge in [-0.05, 0) is 63.6 Å². The zero-order valence-electron chi connectivity index (χ0n) is 22.4. The number of hydrogen-bond donors (Lipinski definition) is 1. The van der Waals surface area contributed by atoms with E-state index in [2.05, 4.69) is 5.32 Å². The summed E-state index contributed by atoms with van der Waals surface area (Å²) in [6, 6.07) is 18.7. The lowest BCUT2D eigenvalue weighted by Crippen LogP contribution is -2.52. The van der Waals surface area contributed by atoms with Crippen LogP contribution in [0.15, 0.2) is 77.7 Å². The van der Waals surface area contributed by atoms with Crippen LogP contribution in [0, 0.1) is 6.92 Å². The third kappa shape index (κ3) is 7.53. The normalized spacial score (nSPS) is 12.9. The molecule has 39 heavy (non-hydrogen) atoms. The average Bonchev–Trinajstić information content (AvgIpc) is 2.92.